The van der Waals surface area contributed by atoms with Gasteiger partial charge >= 0.3 is 5.97 Å². The Balaban J connectivity index is 0.000000874. The van der Waals surface area contributed by atoms with Crippen LogP contribution >= 0.6 is 0 Å². The number of hydrogen-bond acceptors (Lipinski definition) is 9. The fourth-order valence-electron chi connectivity index (χ4n) is 6.70. The molecule has 49 heavy (non-hydrogen) atoms. The van der Waals surface area contributed by atoms with Gasteiger partial charge in [-0.2, -0.15) is 9.61 Å². The molecule has 270 valence electrons. The van der Waals surface area contributed by atoms with Crippen molar-refractivity contribution < 1.29 is 24.1 Å². The number of aryl methyl sites for hydroxylation is 2. The lowest BCUT2D eigenvalue weighted by Crippen LogP contribution is -2.45. The van der Waals surface area contributed by atoms with Crippen molar-refractivity contribution in [3.8, 4) is 5.75 Å². The molecule has 1 unspecified atom stereocenters. The minimum Gasteiger partial charge on any atom is -0.490 e. The second-order valence-corrected chi connectivity index (χ2v) is 15.5. The van der Waals surface area contributed by atoms with Crippen LogP contribution < -0.4 is 9.64 Å². The predicted molar refractivity (Wildman–Crippen MR) is 193 cm³/mol. The maximum atomic E-state index is 12.8. The first-order valence-corrected chi connectivity index (χ1v) is 18.4. The number of fused-ring (bicyclic) bond motifs is 10. The number of anilines is 1. The third-order valence-corrected chi connectivity index (χ3v) is 9.49. The Kier molecular flexibility index (Phi) is 11.9. The second kappa shape index (κ2) is 15.8. The Bertz CT molecular complexity index is 1560. The summed E-state index contributed by atoms with van der Waals surface area (Å²) in [6, 6.07) is 9.26. The number of nitrogens with zero attached hydrogens (tertiary/aromatic N) is 5. The van der Waals surface area contributed by atoms with Crippen LogP contribution in [0.2, 0.25) is 0 Å². The van der Waals surface area contributed by atoms with Crippen molar-refractivity contribution in [2.45, 2.75) is 143 Å². The minimum atomic E-state index is -0.500. The smallest absolute Gasteiger partial charge is 0.310 e. The maximum absolute atomic E-state index is 12.8. The molecule has 3 aliphatic heterocycles. The molecular weight excluding hydrogens is 618 g/mol. The van der Waals surface area contributed by atoms with Gasteiger partial charge in [0.25, 0.3) is 0 Å². The zero-order valence-corrected chi connectivity index (χ0v) is 31.2. The van der Waals surface area contributed by atoms with Crippen molar-refractivity contribution in [3.63, 3.8) is 0 Å². The van der Waals surface area contributed by atoms with E-state index >= 15 is 0 Å². The third-order valence-electron chi connectivity index (χ3n) is 9.49. The van der Waals surface area contributed by atoms with Gasteiger partial charge in [-0.05, 0) is 112 Å². The standard InChI is InChI=1S/C35H49N5O4.C4H10O/c1-6-42-33(41)21-30-26(4)36-32-20-28-23-39(29-12-13-29)22-27-11-10-24(2)19-31(27)44-25(3)9-7-8-18-43-35(5)14-16-38(17-15-35)34(30)40(32)37-28;1-4(2,3)5/h10-11,19-20,25,29H,6-9,12-18,21-23H2,1-5H3;5H,1-3H3. The maximum Gasteiger partial charge on any atom is 0.310 e. The second-order valence-electron chi connectivity index (χ2n) is 15.5. The lowest BCUT2D eigenvalue weighted by molar-refractivity contribution is -0.142. The molecule has 4 aliphatic rings. The van der Waals surface area contributed by atoms with Crippen molar-refractivity contribution in [2.24, 2.45) is 0 Å². The van der Waals surface area contributed by atoms with Crippen LogP contribution in [-0.2, 0) is 33.8 Å². The fraction of sp³-hybridized carbons (Fsp3) is 0.667. The summed E-state index contributed by atoms with van der Waals surface area (Å²) in [4.78, 5) is 22.6. The molecule has 10 nitrogen and oxygen atoms in total. The number of benzene rings is 1. The van der Waals surface area contributed by atoms with E-state index in [4.69, 9.17) is 29.4 Å². The van der Waals surface area contributed by atoms with Crippen LogP contribution in [0.1, 0.15) is 115 Å². The largest absolute Gasteiger partial charge is 0.490 e. The van der Waals surface area contributed by atoms with Crippen molar-refractivity contribution in [1.82, 2.24) is 19.5 Å². The first kappa shape index (κ1) is 37.1. The van der Waals surface area contributed by atoms with Crippen molar-refractivity contribution in [2.75, 3.05) is 31.2 Å². The molecule has 10 heteroatoms. The van der Waals surface area contributed by atoms with Gasteiger partial charge in [0, 0.05) is 61.7 Å². The van der Waals surface area contributed by atoms with Crippen molar-refractivity contribution in [1.29, 1.82) is 0 Å². The number of carbonyl (C=O) groups is 1. The third kappa shape index (κ3) is 10.4. The summed E-state index contributed by atoms with van der Waals surface area (Å²) >= 11 is 0. The highest BCUT2D eigenvalue weighted by Gasteiger charge is 2.34. The van der Waals surface area contributed by atoms with Crippen LogP contribution in [0.5, 0.6) is 5.75 Å². The van der Waals surface area contributed by atoms with E-state index in [1.54, 1.807) is 20.8 Å². The number of aromatic nitrogens is 3. The van der Waals surface area contributed by atoms with Gasteiger partial charge in [0.15, 0.2) is 5.65 Å². The molecule has 4 bridgehead atoms. The van der Waals surface area contributed by atoms with Crippen LogP contribution in [0, 0.1) is 13.8 Å². The topological polar surface area (TPSA) is 102 Å². The molecule has 1 saturated carbocycles. The summed E-state index contributed by atoms with van der Waals surface area (Å²) in [5.74, 6) is 1.72. The summed E-state index contributed by atoms with van der Waals surface area (Å²) in [5, 5.41) is 13.7. The molecule has 0 spiro atoms. The molecule has 5 heterocycles. The van der Waals surface area contributed by atoms with E-state index < -0.39 is 5.60 Å². The number of ether oxygens (including phenoxy) is 3. The summed E-state index contributed by atoms with van der Waals surface area (Å²) < 4.78 is 20.5. The Hall–Kier alpha value is -3.21. The zero-order chi connectivity index (χ0) is 35.3. The van der Waals surface area contributed by atoms with E-state index in [2.05, 4.69) is 54.8 Å². The number of aliphatic hydroxyl groups is 1. The minimum absolute atomic E-state index is 0.143. The van der Waals surface area contributed by atoms with Crippen molar-refractivity contribution in [3.05, 3.63) is 52.3 Å². The van der Waals surface area contributed by atoms with Gasteiger partial charge in [-0.3, -0.25) is 9.69 Å². The van der Waals surface area contributed by atoms with E-state index in [1.807, 2.05) is 18.4 Å². The van der Waals surface area contributed by atoms with Gasteiger partial charge in [-0.25, -0.2) is 4.98 Å². The SMILES string of the molecule is CC(C)(C)O.CCOC(=O)Cc1c(C)nc2cc3nn2c1N1CCC(C)(CC1)OCCCCC(C)Oc1cc(C)ccc1CN(C1CC1)C3. The monoisotopic (exact) mass is 677 g/mol. The van der Waals surface area contributed by atoms with Gasteiger partial charge in [0.1, 0.15) is 11.6 Å². The lowest BCUT2D eigenvalue weighted by atomic mass is 9.92. The summed E-state index contributed by atoms with van der Waals surface area (Å²) in [7, 11) is 0. The van der Waals surface area contributed by atoms with E-state index in [0.717, 1.165) is 99.1 Å². The van der Waals surface area contributed by atoms with Crippen LogP contribution in [0.15, 0.2) is 24.3 Å². The molecule has 0 radical (unpaired) electrons. The number of rotatable bonds is 4. The highest BCUT2D eigenvalue weighted by molar-refractivity contribution is 5.76. The van der Waals surface area contributed by atoms with Crippen LogP contribution in [0.25, 0.3) is 5.65 Å². The van der Waals surface area contributed by atoms with Gasteiger partial charge in [0.05, 0.1) is 36.0 Å². The molecule has 7 rings (SSSR count). The number of carbonyl (C=O) groups excluding carboxylic acids is 1. The van der Waals surface area contributed by atoms with Crippen LogP contribution in [0.3, 0.4) is 0 Å². The van der Waals surface area contributed by atoms with E-state index in [9.17, 15) is 4.79 Å². The van der Waals surface area contributed by atoms with Crippen LogP contribution in [-0.4, -0.2) is 80.2 Å². The normalized spacial score (nSPS) is 22.6. The van der Waals surface area contributed by atoms with Crippen LogP contribution in [0.4, 0.5) is 5.82 Å². The fourth-order valence-corrected chi connectivity index (χ4v) is 6.70. The lowest BCUT2D eigenvalue weighted by Gasteiger charge is -2.41. The highest BCUT2D eigenvalue weighted by atomic mass is 16.5. The Labute approximate surface area is 293 Å². The zero-order valence-electron chi connectivity index (χ0n) is 31.2. The molecular formula is C39H59N5O5. The average Bonchev–Trinajstić information content (AvgIpc) is 3.78. The molecule has 1 saturated heterocycles. The Morgan fingerprint density at radius 3 is 2.47 bits per heavy atom. The van der Waals surface area contributed by atoms with Crippen molar-refractivity contribution >= 4 is 17.4 Å². The molecule has 3 aromatic rings. The van der Waals surface area contributed by atoms with Gasteiger partial charge < -0.3 is 24.2 Å². The van der Waals surface area contributed by atoms with Gasteiger partial charge in [0.2, 0.25) is 0 Å². The molecule has 1 aliphatic carbocycles. The van der Waals surface area contributed by atoms with E-state index in [-0.39, 0.29) is 24.1 Å². The molecule has 0 amide bonds. The quantitative estimate of drug-likeness (QED) is 0.302. The molecule has 2 aromatic heterocycles. The van der Waals surface area contributed by atoms with Gasteiger partial charge in [-0.1, -0.05) is 12.1 Å². The summed E-state index contributed by atoms with van der Waals surface area (Å²) in [5.41, 5.74) is 5.32. The number of hydrogen-bond donors (Lipinski definition) is 1. The molecule has 2 fully saturated rings. The number of piperidine rings is 1. The highest BCUT2D eigenvalue weighted by Crippen LogP contribution is 2.35. The molecule has 1 N–H and O–H groups in total. The average molecular weight is 678 g/mol. The van der Waals surface area contributed by atoms with Gasteiger partial charge in [-0.15, -0.1) is 0 Å². The predicted octanol–water partition coefficient (Wildman–Crippen LogP) is 6.72. The summed E-state index contributed by atoms with van der Waals surface area (Å²) in [6.45, 7) is 20.0. The first-order valence-electron chi connectivity index (χ1n) is 18.4. The molecule has 1 aromatic carbocycles. The number of esters is 1. The Morgan fingerprint density at radius 2 is 1.80 bits per heavy atom. The summed E-state index contributed by atoms with van der Waals surface area (Å²) in [6.07, 6.45) is 7.65. The molecule has 1 atom stereocenters. The Morgan fingerprint density at radius 1 is 1.08 bits per heavy atom. The first-order chi connectivity index (χ1) is 23.2. The van der Waals surface area contributed by atoms with E-state index in [1.165, 1.54) is 24.0 Å². The van der Waals surface area contributed by atoms with E-state index in [0.29, 0.717) is 12.6 Å².